The van der Waals surface area contributed by atoms with Crippen molar-refractivity contribution in [1.29, 1.82) is 0 Å². The van der Waals surface area contributed by atoms with Gasteiger partial charge in [0.2, 0.25) is 0 Å². The van der Waals surface area contributed by atoms with E-state index in [4.69, 9.17) is 18.0 Å². The van der Waals surface area contributed by atoms with Gasteiger partial charge < -0.3 is 11.1 Å². The number of nitrogens with zero attached hydrogens (tertiary/aromatic N) is 1. The molecule has 0 aromatic carbocycles. The van der Waals surface area contributed by atoms with Crippen molar-refractivity contribution in [2.75, 3.05) is 19.6 Å². The molecule has 1 unspecified atom stereocenters. The van der Waals surface area contributed by atoms with Crippen molar-refractivity contribution in [3.63, 3.8) is 0 Å². The molecule has 1 aliphatic rings. The van der Waals surface area contributed by atoms with Crippen LogP contribution in [0.2, 0.25) is 0 Å². The summed E-state index contributed by atoms with van der Waals surface area (Å²) >= 11 is 4.76. The molecule has 1 aliphatic heterocycles. The van der Waals surface area contributed by atoms with E-state index in [-0.39, 0.29) is 0 Å². The molecule has 1 atom stereocenters. The van der Waals surface area contributed by atoms with Crippen molar-refractivity contribution in [3.8, 4) is 0 Å². The van der Waals surface area contributed by atoms with Gasteiger partial charge in [-0.1, -0.05) is 6.42 Å². The Bertz CT molecular complexity index is 166. The number of likely N-dealkylation sites (tertiary alicyclic amines) is 1. The van der Waals surface area contributed by atoms with Crippen LogP contribution in [0.25, 0.3) is 0 Å². The molecular formula is C9H19N3S. The largest absolute Gasteiger partial charge is 0.376 e. The van der Waals surface area contributed by atoms with Crippen molar-refractivity contribution in [1.82, 2.24) is 10.2 Å². The third kappa shape index (κ3) is 3.91. The van der Waals surface area contributed by atoms with Crippen LogP contribution in [0.3, 0.4) is 0 Å². The summed E-state index contributed by atoms with van der Waals surface area (Å²) in [7, 11) is 0. The molecule has 3 N–H and O–H groups in total. The molecule has 0 aliphatic carbocycles. The van der Waals surface area contributed by atoms with Crippen molar-refractivity contribution >= 4 is 17.3 Å². The van der Waals surface area contributed by atoms with Gasteiger partial charge in [-0.05, 0) is 45.1 Å². The maximum atomic E-state index is 5.37. The molecule has 0 amide bonds. The topological polar surface area (TPSA) is 41.3 Å². The number of hydrogen-bond donors (Lipinski definition) is 2. The lowest BCUT2D eigenvalue weighted by Crippen LogP contribution is -2.45. The van der Waals surface area contributed by atoms with E-state index in [1.807, 2.05) is 0 Å². The number of thiocarbonyl (C=S) groups is 1. The summed E-state index contributed by atoms with van der Waals surface area (Å²) in [5, 5.41) is 3.42. The molecule has 0 aromatic heterocycles. The molecule has 76 valence electrons. The molecule has 1 heterocycles. The summed E-state index contributed by atoms with van der Waals surface area (Å²) in [5.41, 5.74) is 5.37. The predicted molar refractivity (Wildman–Crippen MR) is 59.7 cm³/mol. The minimum atomic E-state index is 0.406. The van der Waals surface area contributed by atoms with Gasteiger partial charge in [0.15, 0.2) is 5.11 Å². The Morgan fingerprint density at radius 1 is 1.46 bits per heavy atom. The molecule has 0 saturated carbocycles. The maximum Gasteiger partial charge on any atom is 0.163 e. The third-order valence-electron chi connectivity index (χ3n) is 2.59. The van der Waals surface area contributed by atoms with E-state index in [2.05, 4.69) is 17.1 Å². The lowest BCUT2D eigenvalue weighted by molar-refractivity contribution is 0.175. The fourth-order valence-electron chi connectivity index (χ4n) is 1.74. The van der Waals surface area contributed by atoms with Gasteiger partial charge in [-0.15, -0.1) is 0 Å². The van der Waals surface area contributed by atoms with Crippen molar-refractivity contribution in [3.05, 3.63) is 0 Å². The molecule has 13 heavy (non-hydrogen) atoms. The normalized spacial score (nSPS) is 21.0. The van der Waals surface area contributed by atoms with Gasteiger partial charge in [0.1, 0.15) is 0 Å². The Balaban J connectivity index is 2.20. The second-order valence-corrected chi connectivity index (χ2v) is 4.13. The van der Waals surface area contributed by atoms with Gasteiger partial charge >= 0.3 is 0 Å². The van der Waals surface area contributed by atoms with Crippen molar-refractivity contribution in [2.24, 2.45) is 5.73 Å². The SMILES string of the molecule is CC(CNC(N)=S)N1CCCCC1. The van der Waals surface area contributed by atoms with Gasteiger partial charge in [0.05, 0.1) is 0 Å². The van der Waals surface area contributed by atoms with Gasteiger partial charge in [0.25, 0.3) is 0 Å². The molecule has 0 aromatic rings. The fourth-order valence-corrected chi connectivity index (χ4v) is 1.82. The van der Waals surface area contributed by atoms with Crippen LogP contribution in [0.15, 0.2) is 0 Å². The third-order valence-corrected chi connectivity index (χ3v) is 2.73. The summed E-state index contributed by atoms with van der Waals surface area (Å²) in [6, 6.07) is 0.543. The fraction of sp³-hybridized carbons (Fsp3) is 0.889. The molecule has 0 bridgehead atoms. The summed E-state index contributed by atoms with van der Waals surface area (Å²) in [4.78, 5) is 2.49. The number of hydrogen-bond acceptors (Lipinski definition) is 2. The lowest BCUT2D eigenvalue weighted by Gasteiger charge is -2.32. The summed E-state index contributed by atoms with van der Waals surface area (Å²) in [5.74, 6) is 0. The first-order chi connectivity index (χ1) is 6.20. The summed E-state index contributed by atoms with van der Waals surface area (Å²) < 4.78 is 0. The van der Waals surface area contributed by atoms with Crippen LogP contribution in [0.5, 0.6) is 0 Å². The quantitative estimate of drug-likeness (QED) is 0.659. The predicted octanol–water partition coefficient (Wildman–Crippen LogP) is 0.694. The smallest absolute Gasteiger partial charge is 0.163 e. The van der Waals surface area contributed by atoms with Crippen LogP contribution in [0.1, 0.15) is 26.2 Å². The highest BCUT2D eigenvalue weighted by molar-refractivity contribution is 7.80. The van der Waals surface area contributed by atoms with E-state index in [0.29, 0.717) is 11.2 Å². The Hall–Kier alpha value is -0.350. The van der Waals surface area contributed by atoms with Crippen molar-refractivity contribution < 1.29 is 0 Å². The molecule has 1 fully saturated rings. The average molecular weight is 201 g/mol. The van der Waals surface area contributed by atoms with E-state index in [1.165, 1.54) is 32.4 Å². The molecule has 4 heteroatoms. The van der Waals surface area contributed by atoms with Crippen molar-refractivity contribution in [2.45, 2.75) is 32.2 Å². The number of piperidine rings is 1. The zero-order valence-electron chi connectivity index (χ0n) is 8.25. The molecule has 3 nitrogen and oxygen atoms in total. The number of nitrogens with one attached hydrogen (secondary N) is 1. The zero-order chi connectivity index (χ0) is 9.68. The molecular weight excluding hydrogens is 182 g/mol. The first-order valence-corrected chi connectivity index (χ1v) is 5.38. The maximum absolute atomic E-state index is 5.37. The average Bonchev–Trinajstić information content (AvgIpc) is 2.15. The summed E-state index contributed by atoms with van der Waals surface area (Å²) in [6.07, 6.45) is 4.04. The standard InChI is InChI=1S/C9H19N3S/c1-8(7-11-9(10)13)12-5-3-2-4-6-12/h8H,2-7H2,1H3,(H3,10,11,13). The van der Waals surface area contributed by atoms with Gasteiger partial charge in [0, 0.05) is 12.6 Å². The van der Waals surface area contributed by atoms with Crippen LogP contribution in [-0.4, -0.2) is 35.7 Å². The van der Waals surface area contributed by atoms with Crippen LogP contribution in [0, 0.1) is 0 Å². The first-order valence-electron chi connectivity index (χ1n) is 4.97. The van der Waals surface area contributed by atoms with E-state index in [9.17, 15) is 0 Å². The van der Waals surface area contributed by atoms with Gasteiger partial charge in [-0.25, -0.2) is 0 Å². The lowest BCUT2D eigenvalue weighted by atomic mass is 10.1. The minimum absolute atomic E-state index is 0.406. The molecule has 1 rings (SSSR count). The second kappa shape index (κ2) is 5.40. The minimum Gasteiger partial charge on any atom is -0.376 e. The van der Waals surface area contributed by atoms with E-state index in [0.717, 1.165) is 6.54 Å². The molecule has 0 radical (unpaired) electrons. The van der Waals surface area contributed by atoms with Gasteiger partial charge in [-0.2, -0.15) is 0 Å². The highest BCUT2D eigenvalue weighted by Gasteiger charge is 2.15. The zero-order valence-corrected chi connectivity index (χ0v) is 9.07. The monoisotopic (exact) mass is 201 g/mol. The van der Waals surface area contributed by atoms with Crippen LogP contribution >= 0.6 is 12.2 Å². The van der Waals surface area contributed by atoms with E-state index < -0.39 is 0 Å². The molecule has 0 spiro atoms. The van der Waals surface area contributed by atoms with Crippen LogP contribution in [0.4, 0.5) is 0 Å². The van der Waals surface area contributed by atoms with Crippen LogP contribution < -0.4 is 11.1 Å². The number of rotatable bonds is 3. The Morgan fingerprint density at radius 3 is 2.62 bits per heavy atom. The highest BCUT2D eigenvalue weighted by atomic mass is 32.1. The summed E-state index contributed by atoms with van der Waals surface area (Å²) in [6.45, 7) is 5.53. The highest BCUT2D eigenvalue weighted by Crippen LogP contribution is 2.11. The van der Waals surface area contributed by atoms with Crippen LogP contribution in [-0.2, 0) is 0 Å². The Kier molecular flexibility index (Phi) is 4.45. The number of nitrogens with two attached hydrogens (primary N) is 1. The van der Waals surface area contributed by atoms with E-state index in [1.54, 1.807) is 0 Å². The molecule has 1 saturated heterocycles. The van der Waals surface area contributed by atoms with Gasteiger partial charge in [-0.3, -0.25) is 4.90 Å². The first kappa shape index (κ1) is 10.7. The Labute approximate surface area is 85.7 Å². The Morgan fingerprint density at radius 2 is 2.08 bits per heavy atom. The van der Waals surface area contributed by atoms with E-state index >= 15 is 0 Å². The second-order valence-electron chi connectivity index (χ2n) is 3.69.